The zero-order valence-corrected chi connectivity index (χ0v) is 11.7. The molecule has 0 aliphatic rings. The molecule has 4 heteroatoms. The first kappa shape index (κ1) is 14.3. The van der Waals surface area contributed by atoms with Crippen LogP contribution in [-0.2, 0) is 0 Å². The summed E-state index contributed by atoms with van der Waals surface area (Å²) in [6.07, 6.45) is 0. The van der Waals surface area contributed by atoms with E-state index in [2.05, 4.69) is 5.32 Å². The third kappa shape index (κ3) is 3.27. The van der Waals surface area contributed by atoms with Crippen molar-refractivity contribution in [2.24, 2.45) is 5.73 Å². The number of hydrogen-bond donors (Lipinski definition) is 2. The molecule has 0 aliphatic heterocycles. The first-order valence-corrected chi connectivity index (χ1v) is 6.50. The first-order valence-electron chi connectivity index (χ1n) is 6.50. The first-order chi connectivity index (χ1) is 9.63. The SMILES string of the molecule is COc1cccc(NC(CN)c2cc(F)ccc2C)c1. The Labute approximate surface area is 118 Å². The summed E-state index contributed by atoms with van der Waals surface area (Å²) in [7, 11) is 1.62. The molecule has 0 saturated carbocycles. The van der Waals surface area contributed by atoms with Crippen LogP contribution in [0.25, 0.3) is 0 Å². The average molecular weight is 274 g/mol. The zero-order valence-electron chi connectivity index (χ0n) is 11.7. The van der Waals surface area contributed by atoms with Gasteiger partial charge in [0.1, 0.15) is 11.6 Å². The summed E-state index contributed by atoms with van der Waals surface area (Å²) >= 11 is 0. The molecule has 0 saturated heterocycles. The molecule has 0 bridgehead atoms. The van der Waals surface area contributed by atoms with E-state index in [1.165, 1.54) is 12.1 Å². The monoisotopic (exact) mass is 274 g/mol. The molecule has 2 rings (SSSR count). The van der Waals surface area contributed by atoms with Gasteiger partial charge in [0.15, 0.2) is 0 Å². The third-order valence-electron chi connectivity index (χ3n) is 3.26. The van der Waals surface area contributed by atoms with Gasteiger partial charge in [-0.05, 0) is 42.3 Å². The fourth-order valence-electron chi connectivity index (χ4n) is 2.16. The molecule has 0 aliphatic carbocycles. The van der Waals surface area contributed by atoms with Gasteiger partial charge in [0.05, 0.1) is 13.2 Å². The highest BCUT2D eigenvalue weighted by Crippen LogP contribution is 2.24. The summed E-state index contributed by atoms with van der Waals surface area (Å²) in [5.74, 6) is 0.512. The molecule has 106 valence electrons. The Kier molecular flexibility index (Phi) is 4.58. The van der Waals surface area contributed by atoms with Gasteiger partial charge < -0.3 is 15.8 Å². The second-order valence-electron chi connectivity index (χ2n) is 4.67. The van der Waals surface area contributed by atoms with Crippen molar-refractivity contribution in [3.63, 3.8) is 0 Å². The van der Waals surface area contributed by atoms with Crippen molar-refractivity contribution < 1.29 is 9.13 Å². The molecular formula is C16H19FN2O. The zero-order chi connectivity index (χ0) is 14.5. The van der Waals surface area contributed by atoms with Gasteiger partial charge in [-0.1, -0.05) is 12.1 Å². The Morgan fingerprint density at radius 3 is 2.75 bits per heavy atom. The number of halogens is 1. The molecule has 3 nitrogen and oxygen atoms in total. The Morgan fingerprint density at radius 1 is 1.25 bits per heavy atom. The van der Waals surface area contributed by atoms with Crippen molar-refractivity contribution in [2.45, 2.75) is 13.0 Å². The molecule has 0 radical (unpaired) electrons. The van der Waals surface area contributed by atoms with Gasteiger partial charge in [0.25, 0.3) is 0 Å². The summed E-state index contributed by atoms with van der Waals surface area (Å²) < 4.78 is 18.6. The molecule has 0 fully saturated rings. The summed E-state index contributed by atoms with van der Waals surface area (Å²) in [6.45, 7) is 2.33. The van der Waals surface area contributed by atoms with Crippen LogP contribution in [0.5, 0.6) is 5.75 Å². The van der Waals surface area contributed by atoms with Crippen LogP contribution in [0.1, 0.15) is 17.2 Å². The van der Waals surface area contributed by atoms with E-state index in [0.29, 0.717) is 6.54 Å². The molecule has 1 atom stereocenters. The lowest BCUT2D eigenvalue weighted by Crippen LogP contribution is -2.21. The van der Waals surface area contributed by atoms with E-state index in [1.54, 1.807) is 13.2 Å². The number of methoxy groups -OCH3 is 1. The highest BCUT2D eigenvalue weighted by Gasteiger charge is 2.13. The molecule has 0 spiro atoms. The maximum Gasteiger partial charge on any atom is 0.123 e. The number of ether oxygens (including phenoxy) is 1. The molecule has 2 aromatic rings. The van der Waals surface area contributed by atoms with Crippen molar-refractivity contribution in [2.75, 3.05) is 19.0 Å². The van der Waals surface area contributed by atoms with E-state index < -0.39 is 0 Å². The Balaban J connectivity index is 2.26. The minimum atomic E-state index is -0.253. The molecule has 2 aromatic carbocycles. The topological polar surface area (TPSA) is 47.3 Å². The lowest BCUT2D eigenvalue weighted by molar-refractivity contribution is 0.415. The van der Waals surface area contributed by atoms with Crippen molar-refractivity contribution in [3.8, 4) is 5.75 Å². The minimum absolute atomic E-state index is 0.141. The average Bonchev–Trinajstić information content (AvgIpc) is 2.47. The van der Waals surface area contributed by atoms with E-state index >= 15 is 0 Å². The standard InChI is InChI=1S/C16H19FN2O/c1-11-6-7-12(17)8-15(11)16(10-18)19-13-4-3-5-14(9-13)20-2/h3-9,16,19H,10,18H2,1-2H3. The van der Waals surface area contributed by atoms with Crippen LogP contribution in [0.15, 0.2) is 42.5 Å². The quantitative estimate of drug-likeness (QED) is 0.879. The van der Waals surface area contributed by atoms with E-state index in [-0.39, 0.29) is 11.9 Å². The highest BCUT2D eigenvalue weighted by molar-refractivity contribution is 5.50. The van der Waals surface area contributed by atoms with Crippen LogP contribution in [0.4, 0.5) is 10.1 Å². The fourth-order valence-corrected chi connectivity index (χ4v) is 2.16. The van der Waals surface area contributed by atoms with Gasteiger partial charge in [-0.25, -0.2) is 4.39 Å². The number of nitrogens with one attached hydrogen (secondary N) is 1. The smallest absolute Gasteiger partial charge is 0.123 e. The Hall–Kier alpha value is -2.07. The van der Waals surface area contributed by atoms with Gasteiger partial charge in [-0.15, -0.1) is 0 Å². The number of anilines is 1. The minimum Gasteiger partial charge on any atom is -0.497 e. The van der Waals surface area contributed by atoms with Gasteiger partial charge >= 0.3 is 0 Å². The van der Waals surface area contributed by atoms with Gasteiger partial charge in [-0.2, -0.15) is 0 Å². The molecule has 0 amide bonds. The maximum absolute atomic E-state index is 13.4. The van der Waals surface area contributed by atoms with E-state index in [1.807, 2.05) is 31.2 Å². The maximum atomic E-state index is 13.4. The normalized spacial score (nSPS) is 12.0. The molecule has 0 aromatic heterocycles. The molecular weight excluding hydrogens is 255 g/mol. The van der Waals surface area contributed by atoms with E-state index in [0.717, 1.165) is 22.6 Å². The number of rotatable bonds is 5. The lowest BCUT2D eigenvalue weighted by Gasteiger charge is -2.21. The van der Waals surface area contributed by atoms with Crippen molar-refractivity contribution >= 4 is 5.69 Å². The lowest BCUT2D eigenvalue weighted by atomic mass is 10.0. The third-order valence-corrected chi connectivity index (χ3v) is 3.26. The number of benzene rings is 2. The molecule has 0 heterocycles. The van der Waals surface area contributed by atoms with Gasteiger partial charge in [0, 0.05) is 18.3 Å². The van der Waals surface area contributed by atoms with Crippen molar-refractivity contribution in [1.82, 2.24) is 0 Å². The van der Waals surface area contributed by atoms with Crippen molar-refractivity contribution in [1.29, 1.82) is 0 Å². The van der Waals surface area contributed by atoms with E-state index in [9.17, 15) is 4.39 Å². The van der Waals surface area contributed by atoms with Crippen LogP contribution in [-0.4, -0.2) is 13.7 Å². The van der Waals surface area contributed by atoms with E-state index in [4.69, 9.17) is 10.5 Å². The summed E-state index contributed by atoms with van der Waals surface area (Å²) in [4.78, 5) is 0. The number of nitrogens with two attached hydrogens (primary N) is 1. The van der Waals surface area contributed by atoms with Gasteiger partial charge in [0.2, 0.25) is 0 Å². The van der Waals surface area contributed by atoms with Crippen LogP contribution in [0, 0.1) is 12.7 Å². The summed E-state index contributed by atoms with van der Waals surface area (Å²) in [6, 6.07) is 12.2. The van der Waals surface area contributed by atoms with Crippen molar-refractivity contribution in [3.05, 3.63) is 59.4 Å². The molecule has 3 N–H and O–H groups in total. The van der Waals surface area contributed by atoms with Gasteiger partial charge in [-0.3, -0.25) is 0 Å². The predicted octanol–water partition coefficient (Wildman–Crippen LogP) is 3.25. The Morgan fingerprint density at radius 2 is 2.05 bits per heavy atom. The highest BCUT2D eigenvalue weighted by atomic mass is 19.1. The van der Waals surface area contributed by atoms with Crippen LogP contribution >= 0.6 is 0 Å². The fraction of sp³-hybridized carbons (Fsp3) is 0.250. The van der Waals surface area contributed by atoms with Crippen LogP contribution in [0.3, 0.4) is 0 Å². The molecule has 1 unspecified atom stereocenters. The number of hydrogen-bond acceptors (Lipinski definition) is 3. The second kappa shape index (κ2) is 6.39. The second-order valence-corrected chi connectivity index (χ2v) is 4.67. The Bertz CT molecular complexity index is 586. The predicted molar refractivity (Wildman–Crippen MR) is 79.5 cm³/mol. The van der Waals surface area contributed by atoms with Crippen LogP contribution < -0.4 is 15.8 Å². The largest absolute Gasteiger partial charge is 0.497 e. The number of aryl methyl sites for hydroxylation is 1. The molecule has 20 heavy (non-hydrogen) atoms. The summed E-state index contributed by atoms with van der Waals surface area (Å²) in [5.41, 5.74) is 8.60. The summed E-state index contributed by atoms with van der Waals surface area (Å²) in [5, 5.41) is 3.32. The van der Waals surface area contributed by atoms with Crippen LogP contribution in [0.2, 0.25) is 0 Å².